The van der Waals surface area contributed by atoms with Gasteiger partial charge in [0.1, 0.15) is 5.75 Å². The van der Waals surface area contributed by atoms with Crippen molar-refractivity contribution in [1.29, 1.82) is 0 Å². The Labute approximate surface area is 122 Å². The number of hydrogen-bond donors (Lipinski definition) is 1. The molecule has 0 aromatic heterocycles. The van der Waals surface area contributed by atoms with Crippen LogP contribution in [-0.2, 0) is 11.2 Å². The molecule has 0 bridgehead atoms. The molecule has 1 aliphatic heterocycles. The Morgan fingerprint density at radius 1 is 1.25 bits per heavy atom. The van der Waals surface area contributed by atoms with E-state index in [-0.39, 0.29) is 11.8 Å². The largest absolute Gasteiger partial charge is 0.497 e. The average molecular weight is 288 g/mol. The van der Waals surface area contributed by atoms with E-state index in [4.69, 9.17) is 16.3 Å². The highest BCUT2D eigenvalue weighted by Gasteiger charge is 2.30. The second-order valence-electron chi connectivity index (χ2n) is 4.83. The fourth-order valence-corrected chi connectivity index (χ4v) is 2.71. The van der Waals surface area contributed by atoms with E-state index in [1.54, 1.807) is 13.2 Å². The van der Waals surface area contributed by atoms with E-state index in [0.29, 0.717) is 11.4 Å². The summed E-state index contributed by atoms with van der Waals surface area (Å²) in [4.78, 5) is 12.1. The normalized spacial score (nSPS) is 16.7. The van der Waals surface area contributed by atoms with Crippen LogP contribution in [0, 0.1) is 0 Å². The Kier molecular flexibility index (Phi) is 3.36. The molecule has 0 saturated heterocycles. The third-order valence-electron chi connectivity index (χ3n) is 3.54. The van der Waals surface area contributed by atoms with Crippen LogP contribution in [0.5, 0.6) is 5.75 Å². The number of hydrogen-bond acceptors (Lipinski definition) is 2. The summed E-state index contributed by atoms with van der Waals surface area (Å²) in [6, 6.07) is 13.3. The highest BCUT2D eigenvalue weighted by atomic mass is 35.5. The molecule has 1 amide bonds. The molecule has 0 fully saturated rings. The molecule has 102 valence electrons. The number of benzene rings is 2. The number of anilines is 1. The molecule has 0 unspecified atom stereocenters. The minimum Gasteiger partial charge on any atom is -0.497 e. The number of halogens is 1. The van der Waals surface area contributed by atoms with Gasteiger partial charge in [-0.15, -0.1) is 0 Å². The summed E-state index contributed by atoms with van der Waals surface area (Å²) in [5, 5.41) is 3.51. The van der Waals surface area contributed by atoms with E-state index in [2.05, 4.69) is 5.32 Å². The molecule has 20 heavy (non-hydrogen) atoms. The first-order valence-corrected chi connectivity index (χ1v) is 6.78. The molecule has 1 N–H and O–H groups in total. The lowest BCUT2D eigenvalue weighted by Crippen LogP contribution is -2.14. The van der Waals surface area contributed by atoms with Crippen molar-refractivity contribution in [2.45, 2.75) is 12.3 Å². The fourth-order valence-electron chi connectivity index (χ4n) is 2.54. The molecule has 0 saturated carbocycles. The van der Waals surface area contributed by atoms with Gasteiger partial charge in [-0.3, -0.25) is 4.79 Å². The molecule has 3 nitrogen and oxygen atoms in total. The molecule has 1 heterocycles. The van der Waals surface area contributed by atoms with Crippen LogP contribution >= 0.6 is 11.6 Å². The van der Waals surface area contributed by atoms with Gasteiger partial charge in [0, 0.05) is 10.7 Å². The van der Waals surface area contributed by atoms with Gasteiger partial charge in [-0.1, -0.05) is 29.8 Å². The van der Waals surface area contributed by atoms with Crippen LogP contribution in [0.15, 0.2) is 42.5 Å². The van der Waals surface area contributed by atoms with Crippen LogP contribution in [-0.4, -0.2) is 13.0 Å². The number of fused-ring (bicyclic) bond motifs is 1. The molecule has 0 spiro atoms. The number of carbonyl (C=O) groups is 1. The van der Waals surface area contributed by atoms with Crippen molar-refractivity contribution in [3.63, 3.8) is 0 Å². The van der Waals surface area contributed by atoms with Crippen molar-refractivity contribution in [1.82, 2.24) is 0 Å². The summed E-state index contributed by atoms with van der Waals surface area (Å²) in [6.45, 7) is 0. The van der Waals surface area contributed by atoms with Crippen molar-refractivity contribution < 1.29 is 9.53 Å². The summed E-state index contributed by atoms with van der Waals surface area (Å²) in [5.41, 5.74) is 2.89. The van der Waals surface area contributed by atoms with Crippen LogP contribution in [0.1, 0.15) is 17.0 Å². The van der Waals surface area contributed by atoms with Gasteiger partial charge in [0.05, 0.1) is 13.0 Å². The van der Waals surface area contributed by atoms with Gasteiger partial charge in [-0.2, -0.15) is 0 Å². The van der Waals surface area contributed by atoms with Gasteiger partial charge >= 0.3 is 0 Å². The SMILES string of the molecule is COc1cccc(C[C@@H]2C(=O)Nc3cc(Cl)ccc32)c1. The molecule has 4 heteroatoms. The maximum Gasteiger partial charge on any atom is 0.232 e. The monoisotopic (exact) mass is 287 g/mol. The summed E-state index contributed by atoms with van der Waals surface area (Å²) >= 11 is 5.95. The fraction of sp³-hybridized carbons (Fsp3) is 0.188. The predicted octanol–water partition coefficient (Wildman–Crippen LogP) is 3.63. The molecule has 1 aliphatic rings. The van der Waals surface area contributed by atoms with Gasteiger partial charge in [0.2, 0.25) is 5.91 Å². The average Bonchev–Trinajstić information content (AvgIpc) is 2.74. The number of methoxy groups -OCH3 is 1. The highest BCUT2D eigenvalue weighted by Crippen LogP contribution is 2.36. The Morgan fingerprint density at radius 2 is 2.10 bits per heavy atom. The second-order valence-corrected chi connectivity index (χ2v) is 5.27. The minimum atomic E-state index is -0.172. The van der Waals surface area contributed by atoms with Gasteiger partial charge in [0.15, 0.2) is 0 Å². The van der Waals surface area contributed by atoms with Crippen molar-refractivity contribution in [3.8, 4) is 5.75 Å². The summed E-state index contributed by atoms with van der Waals surface area (Å²) in [7, 11) is 1.64. The van der Waals surface area contributed by atoms with Gasteiger partial charge in [-0.25, -0.2) is 0 Å². The summed E-state index contributed by atoms with van der Waals surface area (Å²) < 4.78 is 5.21. The zero-order valence-electron chi connectivity index (χ0n) is 11.0. The van der Waals surface area contributed by atoms with E-state index < -0.39 is 0 Å². The van der Waals surface area contributed by atoms with Crippen molar-refractivity contribution in [2.75, 3.05) is 12.4 Å². The third-order valence-corrected chi connectivity index (χ3v) is 3.77. The van der Waals surface area contributed by atoms with E-state index in [9.17, 15) is 4.79 Å². The molecule has 3 rings (SSSR count). The van der Waals surface area contributed by atoms with Crippen molar-refractivity contribution in [2.24, 2.45) is 0 Å². The highest BCUT2D eigenvalue weighted by molar-refractivity contribution is 6.31. The number of rotatable bonds is 3. The Hall–Kier alpha value is -2.00. The van der Waals surface area contributed by atoms with Crippen LogP contribution in [0.4, 0.5) is 5.69 Å². The summed E-state index contributed by atoms with van der Waals surface area (Å²) in [6.07, 6.45) is 0.650. The topological polar surface area (TPSA) is 38.3 Å². The smallest absolute Gasteiger partial charge is 0.232 e. The lowest BCUT2D eigenvalue weighted by atomic mass is 9.93. The second kappa shape index (κ2) is 5.17. The molecule has 2 aromatic carbocycles. The first-order valence-electron chi connectivity index (χ1n) is 6.40. The number of amides is 1. The lowest BCUT2D eigenvalue weighted by molar-refractivity contribution is -0.117. The first kappa shape index (κ1) is 13.0. The van der Waals surface area contributed by atoms with Crippen LogP contribution < -0.4 is 10.1 Å². The van der Waals surface area contributed by atoms with E-state index in [0.717, 1.165) is 22.6 Å². The predicted molar refractivity (Wildman–Crippen MR) is 79.5 cm³/mol. The molecular weight excluding hydrogens is 274 g/mol. The van der Waals surface area contributed by atoms with Crippen molar-refractivity contribution in [3.05, 3.63) is 58.6 Å². The third kappa shape index (κ3) is 2.37. The maximum atomic E-state index is 12.1. The Morgan fingerprint density at radius 3 is 2.90 bits per heavy atom. The number of carbonyl (C=O) groups excluding carboxylic acids is 1. The van der Waals surface area contributed by atoms with Gasteiger partial charge in [-0.05, 0) is 41.8 Å². The first-order chi connectivity index (χ1) is 9.67. The van der Waals surface area contributed by atoms with E-state index in [1.807, 2.05) is 36.4 Å². The number of ether oxygens (including phenoxy) is 1. The molecule has 2 aromatic rings. The summed E-state index contributed by atoms with van der Waals surface area (Å²) in [5.74, 6) is 0.650. The van der Waals surface area contributed by atoms with E-state index >= 15 is 0 Å². The zero-order chi connectivity index (χ0) is 14.1. The van der Waals surface area contributed by atoms with Gasteiger partial charge < -0.3 is 10.1 Å². The molecule has 0 aliphatic carbocycles. The zero-order valence-corrected chi connectivity index (χ0v) is 11.8. The maximum absolute atomic E-state index is 12.1. The van der Waals surface area contributed by atoms with E-state index in [1.165, 1.54) is 0 Å². The van der Waals surface area contributed by atoms with Crippen LogP contribution in [0.25, 0.3) is 0 Å². The molecule has 1 atom stereocenters. The van der Waals surface area contributed by atoms with Crippen LogP contribution in [0.3, 0.4) is 0 Å². The standard InChI is InChI=1S/C16H14ClNO2/c1-20-12-4-2-3-10(7-12)8-14-13-6-5-11(17)9-15(13)18-16(14)19/h2-7,9,14H,8H2,1H3,(H,18,19)/t14-/m0/s1. The minimum absolute atomic E-state index is 0.0186. The number of nitrogens with one attached hydrogen (secondary N) is 1. The molecule has 0 radical (unpaired) electrons. The van der Waals surface area contributed by atoms with Gasteiger partial charge in [0.25, 0.3) is 0 Å². The quantitative estimate of drug-likeness (QED) is 0.936. The Balaban J connectivity index is 1.90. The van der Waals surface area contributed by atoms with Crippen molar-refractivity contribution >= 4 is 23.2 Å². The molecular formula is C16H14ClNO2. The lowest BCUT2D eigenvalue weighted by Gasteiger charge is -2.10. The Bertz CT molecular complexity index is 669. The van der Waals surface area contributed by atoms with Crippen LogP contribution in [0.2, 0.25) is 5.02 Å².